The lowest BCUT2D eigenvalue weighted by Crippen LogP contribution is -2.11. The molecule has 0 aliphatic rings. The number of ketones is 1. The maximum atomic E-state index is 11.5. The quantitative estimate of drug-likeness (QED) is 0.681. The van der Waals surface area contributed by atoms with E-state index in [1.807, 2.05) is 0 Å². The SMILES string of the molecule is CC(Cl)C(=O)c1cccc(CBr)c1O. The Bertz CT molecular complexity index is 350. The molecular formula is C10H10BrClO2. The van der Waals surface area contributed by atoms with Crippen molar-refractivity contribution in [2.75, 3.05) is 0 Å². The molecule has 0 bridgehead atoms. The number of hydrogen-bond acceptors (Lipinski definition) is 2. The molecule has 1 aromatic carbocycles. The van der Waals surface area contributed by atoms with Crippen molar-refractivity contribution in [2.45, 2.75) is 17.6 Å². The maximum Gasteiger partial charge on any atom is 0.184 e. The lowest BCUT2D eigenvalue weighted by molar-refractivity contribution is 0.0989. The minimum absolute atomic E-state index is 0.0156. The molecule has 0 saturated carbocycles. The summed E-state index contributed by atoms with van der Waals surface area (Å²) < 4.78 is 0. The molecule has 4 heteroatoms. The van der Waals surface area contributed by atoms with E-state index in [2.05, 4.69) is 15.9 Å². The van der Waals surface area contributed by atoms with Gasteiger partial charge in [-0.15, -0.1) is 11.6 Å². The second-order valence-electron chi connectivity index (χ2n) is 2.93. The lowest BCUT2D eigenvalue weighted by Gasteiger charge is -2.07. The second-order valence-corrected chi connectivity index (χ2v) is 4.14. The number of para-hydroxylation sites is 1. The Morgan fingerprint density at radius 3 is 2.79 bits per heavy atom. The van der Waals surface area contributed by atoms with Crippen LogP contribution in [0.4, 0.5) is 0 Å². The van der Waals surface area contributed by atoms with Gasteiger partial charge in [0.1, 0.15) is 5.75 Å². The zero-order valence-electron chi connectivity index (χ0n) is 7.63. The van der Waals surface area contributed by atoms with Gasteiger partial charge < -0.3 is 5.11 Å². The van der Waals surface area contributed by atoms with E-state index in [9.17, 15) is 9.90 Å². The third kappa shape index (κ3) is 2.28. The van der Waals surface area contributed by atoms with Crippen LogP contribution in [0.5, 0.6) is 5.75 Å². The third-order valence-electron chi connectivity index (χ3n) is 1.89. The van der Waals surface area contributed by atoms with E-state index in [1.54, 1.807) is 25.1 Å². The van der Waals surface area contributed by atoms with Crippen molar-refractivity contribution in [2.24, 2.45) is 0 Å². The van der Waals surface area contributed by atoms with Crippen molar-refractivity contribution >= 4 is 33.3 Å². The Morgan fingerprint density at radius 1 is 1.64 bits per heavy atom. The number of carbonyl (C=O) groups is 1. The van der Waals surface area contributed by atoms with Crippen molar-refractivity contribution in [1.29, 1.82) is 0 Å². The van der Waals surface area contributed by atoms with E-state index in [-0.39, 0.29) is 17.1 Å². The Balaban J connectivity index is 3.16. The Labute approximate surface area is 96.0 Å². The number of rotatable bonds is 3. The summed E-state index contributed by atoms with van der Waals surface area (Å²) in [4.78, 5) is 11.5. The molecule has 1 N–H and O–H groups in total. The fraction of sp³-hybridized carbons (Fsp3) is 0.300. The minimum Gasteiger partial charge on any atom is -0.507 e. The lowest BCUT2D eigenvalue weighted by atomic mass is 10.0. The Morgan fingerprint density at radius 2 is 2.29 bits per heavy atom. The molecule has 0 aromatic heterocycles. The van der Waals surface area contributed by atoms with Gasteiger partial charge in [0.25, 0.3) is 0 Å². The molecule has 0 aliphatic heterocycles. The minimum atomic E-state index is -0.619. The molecule has 1 aromatic rings. The summed E-state index contributed by atoms with van der Waals surface area (Å²) in [6.45, 7) is 1.59. The second kappa shape index (κ2) is 4.80. The molecule has 76 valence electrons. The summed E-state index contributed by atoms with van der Waals surface area (Å²) in [5.41, 5.74) is 0.970. The fourth-order valence-electron chi connectivity index (χ4n) is 1.11. The van der Waals surface area contributed by atoms with Gasteiger partial charge in [-0.05, 0) is 13.0 Å². The number of halogens is 2. The number of Topliss-reactive ketones (excluding diaryl/α,β-unsaturated/α-hetero) is 1. The fourth-order valence-corrected chi connectivity index (χ4v) is 1.68. The van der Waals surface area contributed by atoms with Gasteiger partial charge in [-0.25, -0.2) is 0 Å². The molecule has 14 heavy (non-hydrogen) atoms. The van der Waals surface area contributed by atoms with Crippen LogP contribution in [-0.2, 0) is 5.33 Å². The molecule has 0 saturated heterocycles. The summed E-state index contributed by atoms with van der Waals surface area (Å²) in [7, 11) is 0. The normalized spacial score (nSPS) is 12.5. The average molecular weight is 278 g/mol. The summed E-state index contributed by atoms with van der Waals surface area (Å²) in [5, 5.41) is 9.59. The van der Waals surface area contributed by atoms with Gasteiger partial charge in [-0.3, -0.25) is 4.79 Å². The Kier molecular flexibility index (Phi) is 3.96. The highest BCUT2D eigenvalue weighted by atomic mass is 79.9. The first-order valence-corrected chi connectivity index (χ1v) is 5.68. The van der Waals surface area contributed by atoms with Crippen molar-refractivity contribution in [3.63, 3.8) is 0 Å². The number of benzene rings is 1. The van der Waals surface area contributed by atoms with E-state index < -0.39 is 5.38 Å². The van der Waals surface area contributed by atoms with Crippen LogP contribution in [0, 0.1) is 0 Å². The summed E-state index contributed by atoms with van der Waals surface area (Å²) in [5.74, 6) is -0.242. The topological polar surface area (TPSA) is 37.3 Å². The highest BCUT2D eigenvalue weighted by Gasteiger charge is 2.17. The molecule has 1 atom stereocenters. The molecule has 0 heterocycles. The van der Waals surface area contributed by atoms with Crippen LogP contribution in [0.2, 0.25) is 0 Å². The number of alkyl halides is 2. The predicted molar refractivity (Wildman–Crippen MR) is 60.4 cm³/mol. The number of phenolic OH excluding ortho intramolecular Hbond substituents is 1. The molecule has 2 nitrogen and oxygen atoms in total. The van der Waals surface area contributed by atoms with Gasteiger partial charge in [0.2, 0.25) is 0 Å². The molecule has 0 radical (unpaired) electrons. The van der Waals surface area contributed by atoms with Gasteiger partial charge in [0, 0.05) is 10.9 Å². The highest BCUT2D eigenvalue weighted by Crippen LogP contribution is 2.26. The standard InChI is InChI=1S/C10H10BrClO2/c1-6(12)9(13)8-4-2-3-7(5-11)10(8)14/h2-4,6,14H,5H2,1H3. The van der Waals surface area contributed by atoms with Crippen LogP contribution in [0.25, 0.3) is 0 Å². The number of carbonyl (C=O) groups excluding carboxylic acids is 1. The highest BCUT2D eigenvalue weighted by molar-refractivity contribution is 9.08. The average Bonchev–Trinajstić information content (AvgIpc) is 2.17. The summed E-state index contributed by atoms with van der Waals surface area (Å²) in [6.07, 6.45) is 0. The van der Waals surface area contributed by atoms with Crippen LogP contribution < -0.4 is 0 Å². The van der Waals surface area contributed by atoms with Crippen LogP contribution in [0.3, 0.4) is 0 Å². The van der Waals surface area contributed by atoms with Crippen molar-refractivity contribution in [3.8, 4) is 5.75 Å². The van der Waals surface area contributed by atoms with Crippen LogP contribution in [-0.4, -0.2) is 16.3 Å². The summed E-state index contributed by atoms with van der Waals surface area (Å²) in [6, 6.07) is 5.05. The predicted octanol–water partition coefficient (Wildman–Crippen LogP) is 3.10. The van der Waals surface area contributed by atoms with Crippen LogP contribution in [0.1, 0.15) is 22.8 Å². The molecular weight excluding hydrogens is 267 g/mol. The molecule has 0 aliphatic carbocycles. The van der Waals surface area contributed by atoms with E-state index in [0.29, 0.717) is 10.9 Å². The zero-order valence-corrected chi connectivity index (χ0v) is 9.97. The van der Waals surface area contributed by atoms with Crippen molar-refractivity contribution in [1.82, 2.24) is 0 Å². The van der Waals surface area contributed by atoms with E-state index >= 15 is 0 Å². The smallest absolute Gasteiger partial charge is 0.184 e. The van der Waals surface area contributed by atoms with Gasteiger partial charge in [0.05, 0.1) is 10.9 Å². The largest absolute Gasteiger partial charge is 0.507 e. The van der Waals surface area contributed by atoms with Crippen molar-refractivity contribution in [3.05, 3.63) is 29.3 Å². The van der Waals surface area contributed by atoms with Crippen LogP contribution in [0.15, 0.2) is 18.2 Å². The first-order valence-electron chi connectivity index (χ1n) is 4.13. The van der Waals surface area contributed by atoms with E-state index in [4.69, 9.17) is 11.6 Å². The van der Waals surface area contributed by atoms with Gasteiger partial charge in [-0.2, -0.15) is 0 Å². The van der Waals surface area contributed by atoms with E-state index in [1.165, 1.54) is 0 Å². The Hall–Kier alpha value is -0.540. The maximum absolute atomic E-state index is 11.5. The molecule has 1 unspecified atom stereocenters. The number of phenols is 1. The molecule has 0 spiro atoms. The number of aromatic hydroxyl groups is 1. The molecule has 1 rings (SSSR count). The van der Waals surface area contributed by atoms with Crippen molar-refractivity contribution < 1.29 is 9.90 Å². The zero-order chi connectivity index (χ0) is 10.7. The first-order chi connectivity index (χ1) is 6.57. The molecule has 0 fully saturated rings. The van der Waals surface area contributed by atoms with E-state index in [0.717, 1.165) is 0 Å². The monoisotopic (exact) mass is 276 g/mol. The third-order valence-corrected chi connectivity index (χ3v) is 2.69. The van der Waals surface area contributed by atoms with Gasteiger partial charge in [0.15, 0.2) is 5.78 Å². The molecule has 0 amide bonds. The number of hydrogen-bond donors (Lipinski definition) is 1. The summed E-state index contributed by atoms with van der Waals surface area (Å²) >= 11 is 8.88. The van der Waals surface area contributed by atoms with Gasteiger partial charge >= 0.3 is 0 Å². The van der Waals surface area contributed by atoms with Crippen LogP contribution >= 0.6 is 27.5 Å². The van der Waals surface area contributed by atoms with Gasteiger partial charge in [-0.1, -0.05) is 28.1 Å². The first kappa shape index (κ1) is 11.5.